The molecule has 19 heavy (non-hydrogen) atoms. The summed E-state index contributed by atoms with van der Waals surface area (Å²) < 4.78 is 23.7. The van der Waals surface area contributed by atoms with Gasteiger partial charge in [-0.25, -0.2) is 0 Å². The van der Waals surface area contributed by atoms with E-state index < -0.39 is 22.0 Å². The van der Waals surface area contributed by atoms with E-state index in [0.717, 1.165) is 6.07 Å². The molecule has 0 aliphatic carbocycles. The average Bonchev–Trinajstić information content (AvgIpc) is 2.35. The molecule has 0 amide bonds. The van der Waals surface area contributed by atoms with Gasteiger partial charge in [-0.1, -0.05) is 0 Å². The Kier molecular flexibility index (Phi) is 4.66. The third-order valence-electron chi connectivity index (χ3n) is 2.71. The van der Waals surface area contributed by atoms with Crippen molar-refractivity contribution in [2.24, 2.45) is 0 Å². The smallest absolute Gasteiger partial charge is 0.327 e. The molecule has 0 bridgehead atoms. The zero-order valence-corrected chi connectivity index (χ0v) is 11.3. The third-order valence-corrected chi connectivity index (χ3v) is 2.71. The molecule has 0 saturated carbocycles. The largest absolute Gasteiger partial charge is 0.497 e. The molecular formula is C12H17FN2O4. The maximum absolute atomic E-state index is 13.7. The first-order chi connectivity index (χ1) is 8.80. The number of nitro benzene ring substituents is 1. The van der Waals surface area contributed by atoms with Crippen molar-refractivity contribution < 1.29 is 18.8 Å². The van der Waals surface area contributed by atoms with E-state index >= 15 is 0 Å². The number of anilines is 1. The van der Waals surface area contributed by atoms with Crippen LogP contribution in [0.25, 0.3) is 0 Å². The van der Waals surface area contributed by atoms with Crippen LogP contribution in [0, 0.1) is 15.9 Å². The van der Waals surface area contributed by atoms with E-state index in [2.05, 4.69) is 5.32 Å². The molecule has 6 nitrogen and oxygen atoms in total. The third kappa shape index (κ3) is 3.78. The summed E-state index contributed by atoms with van der Waals surface area (Å²) in [6, 6.07) is 2.36. The van der Waals surface area contributed by atoms with Gasteiger partial charge >= 0.3 is 5.69 Å². The zero-order chi connectivity index (χ0) is 14.6. The first-order valence-corrected chi connectivity index (χ1v) is 5.61. The maximum atomic E-state index is 13.7. The summed E-state index contributed by atoms with van der Waals surface area (Å²) in [5, 5.41) is 13.7. The number of methoxy groups -OCH3 is 2. The minimum Gasteiger partial charge on any atom is -0.497 e. The van der Waals surface area contributed by atoms with Gasteiger partial charge in [0, 0.05) is 25.8 Å². The molecule has 1 aromatic rings. The molecule has 106 valence electrons. The summed E-state index contributed by atoms with van der Waals surface area (Å²) >= 11 is 0. The molecule has 0 aliphatic rings. The maximum Gasteiger partial charge on any atom is 0.327 e. The Morgan fingerprint density at radius 2 is 2.05 bits per heavy atom. The van der Waals surface area contributed by atoms with Crippen molar-refractivity contribution in [3.05, 3.63) is 28.1 Å². The first kappa shape index (κ1) is 15.2. The number of nitrogens with zero attached hydrogens (tertiary/aromatic N) is 1. The number of hydrogen-bond acceptors (Lipinski definition) is 5. The van der Waals surface area contributed by atoms with Crippen LogP contribution in [0.2, 0.25) is 0 Å². The van der Waals surface area contributed by atoms with Gasteiger partial charge < -0.3 is 14.8 Å². The van der Waals surface area contributed by atoms with Gasteiger partial charge in [0.15, 0.2) is 0 Å². The highest BCUT2D eigenvalue weighted by molar-refractivity contribution is 5.65. The van der Waals surface area contributed by atoms with Gasteiger partial charge in [0.25, 0.3) is 0 Å². The number of benzene rings is 1. The summed E-state index contributed by atoms with van der Waals surface area (Å²) in [5.74, 6) is -0.733. The van der Waals surface area contributed by atoms with E-state index in [1.165, 1.54) is 20.3 Å². The van der Waals surface area contributed by atoms with Crippen LogP contribution < -0.4 is 10.1 Å². The lowest BCUT2D eigenvalue weighted by Crippen LogP contribution is -2.32. The summed E-state index contributed by atoms with van der Waals surface area (Å²) in [6.45, 7) is 3.90. The molecule has 1 aromatic carbocycles. The second kappa shape index (κ2) is 5.83. The van der Waals surface area contributed by atoms with E-state index in [1.807, 2.05) is 13.8 Å². The van der Waals surface area contributed by atoms with E-state index in [-0.39, 0.29) is 18.0 Å². The van der Waals surface area contributed by atoms with Crippen LogP contribution in [0.4, 0.5) is 15.8 Å². The molecule has 0 fully saturated rings. The topological polar surface area (TPSA) is 73.6 Å². The fraction of sp³-hybridized carbons (Fsp3) is 0.500. The fourth-order valence-electron chi connectivity index (χ4n) is 1.39. The summed E-state index contributed by atoms with van der Waals surface area (Å²) in [6.07, 6.45) is 0. The Labute approximate surface area is 110 Å². The second-order valence-electron chi connectivity index (χ2n) is 4.58. The van der Waals surface area contributed by atoms with Crippen molar-refractivity contribution >= 4 is 11.4 Å². The Morgan fingerprint density at radius 1 is 1.42 bits per heavy atom. The quantitative estimate of drug-likeness (QED) is 0.636. The highest BCUT2D eigenvalue weighted by Gasteiger charge is 2.24. The van der Waals surface area contributed by atoms with Crippen molar-refractivity contribution in [2.45, 2.75) is 19.4 Å². The van der Waals surface area contributed by atoms with Crippen LogP contribution in [0.3, 0.4) is 0 Å². The molecule has 0 atom stereocenters. The minimum absolute atomic E-state index is 0.0620. The van der Waals surface area contributed by atoms with Crippen molar-refractivity contribution in [2.75, 3.05) is 26.1 Å². The molecule has 0 heterocycles. The predicted octanol–water partition coefficient (Wildman–Crippen LogP) is 2.58. The van der Waals surface area contributed by atoms with Gasteiger partial charge in [0.1, 0.15) is 11.4 Å². The molecule has 0 radical (unpaired) electrons. The highest BCUT2D eigenvalue weighted by Crippen LogP contribution is 2.32. The molecule has 1 N–H and O–H groups in total. The second-order valence-corrected chi connectivity index (χ2v) is 4.58. The van der Waals surface area contributed by atoms with Gasteiger partial charge in [0.2, 0.25) is 5.82 Å². The fourth-order valence-corrected chi connectivity index (χ4v) is 1.39. The lowest BCUT2D eigenvalue weighted by Gasteiger charge is -2.23. The van der Waals surface area contributed by atoms with Crippen LogP contribution >= 0.6 is 0 Å². The predicted molar refractivity (Wildman–Crippen MR) is 69.2 cm³/mol. The van der Waals surface area contributed by atoms with Crippen LogP contribution in [0.15, 0.2) is 12.1 Å². The lowest BCUT2D eigenvalue weighted by molar-refractivity contribution is -0.386. The normalized spacial score (nSPS) is 11.2. The number of nitro groups is 1. The number of hydrogen-bond donors (Lipinski definition) is 1. The molecular weight excluding hydrogens is 255 g/mol. The van der Waals surface area contributed by atoms with Gasteiger partial charge in [-0.2, -0.15) is 4.39 Å². The number of ether oxygens (including phenoxy) is 2. The first-order valence-electron chi connectivity index (χ1n) is 5.61. The number of halogens is 1. The van der Waals surface area contributed by atoms with E-state index in [4.69, 9.17) is 9.47 Å². The molecule has 0 spiro atoms. The van der Waals surface area contributed by atoms with Crippen LogP contribution in [-0.2, 0) is 4.74 Å². The number of rotatable bonds is 6. The average molecular weight is 272 g/mol. The molecule has 0 saturated heterocycles. The Bertz CT molecular complexity index is 477. The van der Waals surface area contributed by atoms with Crippen LogP contribution in [0.5, 0.6) is 5.75 Å². The van der Waals surface area contributed by atoms with Gasteiger partial charge in [-0.3, -0.25) is 10.1 Å². The monoisotopic (exact) mass is 272 g/mol. The SMILES string of the molecule is COc1cc(F)c([N+](=O)[O-])c(NCC(C)(C)OC)c1. The molecule has 0 unspecified atom stereocenters. The van der Waals surface area contributed by atoms with Gasteiger partial charge in [-0.05, 0) is 13.8 Å². The van der Waals surface area contributed by atoms with Crippen molar-refractivity contribution in [3.63, 3.8) is 0 Å². The van der Waals surface area contributed by atoms with Crippen molar-refractivity contribution in [1.82, 2.24) is 0 Å². The summed E-state index contributed by atoms with van der Waals surface area (Å²) in [4.78, 5) is 10.1. The van der Waals surface area contributed by atoms with Crippen LogP contribution in [-0.4, -0.2) is 31.3 Å². The molecule has 0 aliphatic heterocycles. The molecule has 1 rings (SSSR count). The Balaban J connectivity index is 3.10. The Hall–Kier alpha value is -1.89. The molecule has 0 aromatic heterocycles. The van der Waals surface area contributed by atoms with Crippen molar-refractivity contribution in [3.8, 4) is 5.75 Å². The van der Waals surface area contributed by atoms with Crippen molar-refractivity contribution in [1.29, 1.82) is 0 Å². The van der Waals surface area contributed by atoms with Gasteiger partial charge in [0.05, 0.1) is 17.6 Å². The van der Waals surface area contributed by atoms with E-state index in [0.29, 0.717) is 0 Å². The minimum atomic E-state index is -0.943. The standard InChI is InChI=1S/C12H17FN2O4/c1-12(2,19-4)7-14-10-6-8(18-3)5-9(13)11(10)15(16)17/h5-6,14H,7H2,1-4H3. The molecule has 7 heteroatoms. The zero-order valence-electron chi connectivity index (χ0n) is 11.3. The van der Waals surface area contributed by atoms with Gasteiger partial charge in [-0.15, -0.1) is 0 Å². The van der Waals surface area contributed by atoms with E-state index in [9.17, 15) is 14.5 Å². The van der Waals surface area contributed by atoms with Crippen LogP contribution in [0.1, 0.15) is 13.8 Å². The van der Waals surface area contributed by atoms with E-state index in [1.54, 1.807) is 0 Å². The lowest BCUT2D eigenvalue weighted by atomic mass is 10.1. The number of nitrogens with one attached hydrogen (secondary N) is 1. The summed E-state index contributed by atoms with van der Waals surface area (Å²) in [5.41, 5.74) is -1.08. The summed E-state index contributed by atoms with van der Waals surface area (Å²) in [7, 11) is 2.89. The Morgan fingerprint density at radius 3 is 2.53 bits per heavy atom. The highest BCUT2D eigenvalue weighted by atomic mass is 19.1.